The lowest BCUT2D eigenvalue weighted by molar-refractivity contribution is 0.531. The quantitative estimate of drug-likeness (QED) is 0.800. The van der Waals surface area contributed by atoms with E-state index in [9.17, 15) is 0 Å². The predicted molar refractivity (Wildman–Crippen MR) is 61.7 cm³/mol. The molecule has 0 unspecified atom stereocenters. The normalized spacial score (nSPS) is 11.2. The Balaban J connectivity index is 1.81. The van der Waals surface area contributed by atoms with E-state index in [1.807, 2.05) is 17.1 Å². The summed E-state index contributed by atoms with van der Waals surface area (Å²) < 4.78 is 1.97. The van der Waals surface area contributed by atoms with Crippen LogP contribution < -0.4 is 5.32 Å². The van der Waals surface area contributed by atoms with Crippen molar-refractivity contribution < 1.29 is 0 Å². The molecule has 2 aromatic rings. The Labute approximate surface area is 94.9 Å². The number of imidazole rings is 1. The molecule has 0 radical (unpaired) electrons. The van der Waals surface area contributed by atoms with Gasteiger partial charge in [0.25, 0.3) is 0 Å². The first kappa shape index (κ1) is 10.9. The number of rotatable bonds is 5. The third-order valence-corrected chi connectivity index (χ3v) is 2.38. The second kappa shape index (κ2) is 4.94. The number of aromatic nitrogens is 4. The maximum Gasteiger partial charge on any atom is 0.0922 e. The topological polar surface area (TPSA) is 58.5 Å². The maximum absolute atomic E-state index is 4.29. The summed E-state index contributed by atoms with van der Waals surface area (Å²) in [4.78, 5) is 7.02. The largest absolute Gasteiger partial charge is 0.347 e. The van der Waals surface area contributed by atoms with Gasteiger partial charge in [-0.1, -0.05) is 0 Å². The minimum atomic E-state index is 0.418. The molecular weight excluding hydrogens is 202 g/mol. The number of aromatic amines is 1. The van der Waals surface area contributed by atoms with Gasteiger partial charge in [0.1, 0.15) is 0 Å². The van der Waals surface area contributed by atoms with E-state index in [2.05, 4.69) is 40.4 Å². The Morgan fingerprint density at radius 1 is 1.38 bits per heavy atom. The van der Waals surface area contributed by atoms with E-state index >= 15 is 0 Å². The van der Waals surface area contributed by atoms with Crippen LogP contribution in [0.15, 0.2) is 24.9 Å². The molecule has 0 bridgehead atoms. The molecule has 2 heterocycles. The fraction of sp³-hybridized carbons (Fsp3) is 0.455. The second-order valence-electron chi connectivity index (χ2n) is 4.10. The van der Waals surface area contributed by atoms with Gasteiger partial charge in [-0.15, -0.1) is 0 Å². The van der Waals surface area contributed by atoms with Crippen molar-refractivity contribution in [2.75, 3.05) is 0 Å². The van der Waals surface area contributed by atoms with E-state index < -0.39 is 0 Å². The van der Waals surface area contributed by atoms with Gasteiger partial charge in [-0.25, -0.2) is 4.98 Å². The smallest absolute Gasteiger partial charge is 0.0922 e. The molecule has 0 saturated heterocycles. The highest BCUT2D eigenvalue weighted by atomic mass is 15.3. The first-order chi connectivity index (χ1) is 7.75. The summed E-state index contributed by atoms with van der Waals surface area (Å²) in [6.07, 6.45) is 7.49. The van der Waals surface area contributed by atoms with Crippen molar-refractivity contribution in [1.82, 2.24) is 25.1 Å². The average Bonchev–Trinajstić information content (AvgIpc) is 2.87. The Morgan fingerprint density at radius 3 is 2.88 bits per heavy atom. The predicted octanol–water partition coefficient (Wildman–Crippen LogP) is 1.48. The van der Waals surface area contributed by atoms with Crippen LogP contribution in [0.1, 0.15) is 31.1 Å². The summed E-state index contributed by atoms with van der Waals surface area (Å²) in [5.74, 6) is 0. The molecule has 0 saturated carbocycles. The summed E-state index contributed by atoms with van der Waals surface area (Å²) in [6.45, 7) is 5.86. The number of nitrogens with one attached hydrogen (secondary N) is 2. The first-order valence-electron chi connectivity index (χ1n) is 5.46. The van der Waals surface area contributed by atoms with Gasteiger partial charge in [-0.3, -0.25) is 4.68 Å². The zero-order valence-electron chi connectivity index (χ0n) is 9.64. The van der Waals surface area contributed by atoms with Crippen molar-refractivity contribution in [3.8, 4) is 0 Å². The highest BCUT2D eigenvalue weighted by Gasteiger charge is 2.01. The van der Waals surface area contributed by atoms with Crippen LogP contribution in [0.5, 0.6) is 0 Å². The minimum absolute atomic E-state index is 0.418. The van der Waals surface area contributed by atoms with E-state index in [4.69, 9.17) is 0 Å². The van der Waals surface area contributed by atoms with Crippen molar-refractivity contribution in [2.45, 2.75) is 33.0 Å². The SMILES string of the molecule is CC(C)n1cc(CNCc2cnc[nH]2)cn1. The van der Waals surface area contributed by atoms with Gasteiger partial charge in [0.05, 0.1) is 12.5 Å². The number of nitrogens with zero attached hydrogens (tertiary/aromatic N) is 3. The Morgan fingerprint density at radius 2 is 2.25 bits per heavy atom. The molecular formula is C11H17N5. The zero-order chi connectivity index (χ0) is 11.4. The molecule has 0 spiro atoms. The van der Waals surface area contributed by atoms with Crippen LogP contribution in [0.3, 0.4) is 0 Å². The molecule has 86 valence electrons. The van der Waals surface area contributed by atoms with Crippen molar-refractivity contribution in [3.05, 3.63) is 36.2 Å². The van der Waals surface area contributed by atoms with Crippen molar-refractivity contribution in [1.29, 1.82) is 0 Å². The third-order valence-electron chi connectivity index (χ3n) is 2.38. The first-order valence-corrected chi connectivity index (χ1v) is 5.46. The van der Waals surface area contributed by atoms with Gasteiger partial charge in [0, 0.05) is 42.8 Å². The van der Waals surface area contributed by atoms with Gasteiger partial charge in [0.15, 0.2) is 0 Å². The van der Waals surface area contributed by atoms with Crippen molar-refractivity contribution in [3.63, 3.8) is 0 Å². The summed E-state index contributed by atoms with van der Waals surface area (Å²) >= 11 is 0. The standard InChI is InChI=1S/C11H17N5/c1-9(2)16-7-10(4-15-16)3-12-5-11-6-13-8-14-11/h4,6-9,12H,3,5H2,1-2H3,(H,13,14). The molecule has 0 amide bonds. The second-order valence-corrected chi connectivity index (χ2v) is 4.10. The molecule has 0 atom stereocenters. The average molecular weight is 219 g/mol. The van der Waals surface area contributed by atoms with Crippen molar-refractivity contribution in [2.24, 2.45) is 0 Å². The molecule has 0 aliphatic carbocycles. The fourth-order valence-electron chi connectivity index (χ4n) is 1.47. The van der Waals surface area contributed by atoms with Crippen LogP contribution in [0.4, 0.5) is 0 Å². The monoisotopic (exact) mass is 219 g/mol. The van der Waals surface area contributed by atoms with Gasteiger partial charge in [-0.2, -0.15) is 5.10 Å². The lowest BCUT2D eigenvalue weighted by atomic mass is 10.3. The lowest BCUT2D eigenvalue weighted by Gasteiger charge is -2.03. The van der Waals surface area contributed by atoms with Gasteiger partial charge < -0.3 is 10.3 Å². The van der Waals surface area contributed by atoms with Crippen LogP contribution in [0.2, 0.25) is 0 Å². The Bertz CT molecular complexity index is 415. The Kier molecular flexibility index (Phi) is 3.36. The number of hydrogen-bond donors (Lipinski definition) is 2. The third kappa shape index (κ3) is 2.70. The summed E-state index contributed by atoms with van der Waals surface area (Å²) in [7, 11) is 0. The molecule has 5 nitrogen and oxygen atoms in total. The molecule has 2 N–H and O–H groups in total. The van der Waals surface area contributed by atoms with E-state index in [0.717, 1.165) is 18.8 Å². The molecule has 0 fully saturated rings. The Hall–Kier alpha value is -1.62. The van der Waals surface area contributed by atoms with Gasteiger partial charge >= 0.3 is 0 Å². The van der Waals surface area contributed by atoms with E-state index in [-0.39, 0.29) is 0 Å². The summed E-state index contributed by atoms with van der Waals surface area (Å²) in [6, 6.07) is 0.418. The van der Waals surface area contributed by atoms with Crippen LogP contribution in [-0.4, -0.2) is 19.7 Å². The van der Waals surface area contributed by atoms with Crippen LogP contribution in [0, 0.1) is 0 Å². The molecule has 0 aliphatic rings. The number of hydrogen-bond acceptors (Lipinski definition) is 3. The highest BCUT2D eigenvalue weighted by Crippen LogP contribution is 2.05. The molecule has 2 aromatic heterocycles. The minimum Gasteiger partial charge on any atom is -0.347 e. The zero-order valence-corrected chi connectivity index (χ0v) is 9.64. The molecule has 16 heavy (non-hydrogen) atoms. The van der Waals surface area contributed by atoms with E-state index in [1.54, 1.807) is 6.33 Å². The van der Waals surface area contributed by atoms with E-state index in [0.29, 0.717) is 6.04 Å². The maximum atomic E-state index is 4.29. The van der Waals surface area contributed by atoms with Crippen LogP contribution in [0.25, 0.3) is 0 Å². The van der Waals surface area contributed by atoms with Crippen LogP contribution >= 0.6 is 0 Å². The summed E-state index contributed by atoms with van der Waals surface area (Å²) in [5.41, 5.74) is 2.30. The van der Waals surface area contributed by atoms with Gasteiger partial charge in [0.2, 0.25) is 0 Å². The molecule has 0 aliphatic heterocycles. The molecule has 5 heteroatoms. The fourth-order valence-corrected chi connectivity index (χ4v) is 1.47. The molecule has 0 aromatic carbocycles. The lowest BCUT2D eigenvalue weighted by Crippen LogP contribution is -2.12. The van der Waals surface area contributed by atoms with Crippen molar-refractivity contribution >= 4 is 0 Å². The number of H-pyrrole nitrogens is 1. The van der Waals surface area contributed by atoms with Crippen LogP contribution in [-0.2, 0) is 13.1 Å². The highest BCUT2D eigenvalue weighted by molar-refractivity contribution is 5.04. The van der Waals surface area contributed by atoms with Gasteiger partial charge in [-0.05, 0) is 13.8 Å². The summed E-state index contributed by atoms with van der Waals surface area (Å²) in [5, 5.41) is 7.62. The molecule has 2 rings (SSSR count). The van der Waals surface area contributed by atoms with E-state index in [1.165, 1.54) is 5.56 Å².